The van der Waals surface area contributed by atoms with E-state index in [0.29, 0.717) is 6.54 Å². The number of nitrogens with one attached hydrogen (secondary N) is 1. The third-order valence-electron chi connectivity index (χ3n) is 3.23. The Morgan fingerprint density at radius 3 is 2.06 bits per heavy atom. The van der Waals surface area contributed by atoms with Crippen LogP contribution in [0.25, 0.3) is 0 Å². The molecule has 1 aliphatic heterocycles. The molecule has 0 spiro atoms. The van der Waals surface area contributed by atoms with Crippen LogP contribution in [0.1, 0.15) is 12.0 Å². The van der Waals surface area contributed by atoms with E-state index < -0.39 is 11.6 Å². The van der Waals surface area contributed by atoms with Gasteiger partial charge in [0.15, 0.2) is 0 Å². The average molecular weight is 319 g/mol. The second-order valence-corrected chi connectivity index (χ2v) is 5.45. The molecule has 1 aromatic carbocycles. The van der Waals surface area contributed by atoms with Crippen molar-refractivity contribution in [1.29, 1.82) is 0 Å². The fraction of sp³-hybridized carbons (Fsp3) is 0.455. The van der Waals surface area contributed by atoms with Crippen LogP contribution in [0.3, 0.4) is 0 Å². The Hall–Kier alpha value is -0.160. The maximum absolute atomic E-state index is 13.3. The second kappa shape index (κ2) is 4.75. The van der Waals surface area contributed by atoms with Gasteiger partial charge in [0.25, 0.3) is 0 Å². The summed E-state index contributed by atoms with van der Waals surface area (Å²) in [6.07, 6.45) is -4.40. The fourth-order valence-electron chi connectivity index (χ4n) is 2.18. The molecule has 0 bridgehead atoms. The van der Waals surface area contributed by atoms with E-state index in [0.717, 1.165) is 0 Å². The van der Waals surface area contributed by atoms with E-state index in [1.165, 1.54) is 12.1 Å². The Morgan fingerprint density at radius 1 is 1.11 bits per heavy atom. The summed E-state index contributed by atoms with van der Waals surface area (Å²) in [5, 5.41) is 2.88. The molecule has 1 saturated heterocycles. The Morgan fingerprint density at radius 2 is 1.67 bits per heavy atom. The molecule has 1 atom stereocenters. The van der Waals surface area contributed by atoms with Gasteiger partial charge in [-0.2, -0.15) is 13.2 Å². The van der Waals surface area contributed by atoms with Crippen LogP contribution in [-0.4, -0.2) is 19.3 Å². The number of hydrogen-bond acceptors (Lipinski definition) is 1. The smallest absolute Gasteiger partial charge is 0.315 e. The van der Waals surface area contributed by atoms with E-state index in [2.05, 4.69) is 5.32 Å². The average Bonchev–Trinajstić information content (AvgIpc) is 2.74. The van der Waals surface area contributed by atoms with Gasteiger partial charge in [0.05, 0.1) is 15.1 Å². The summed E-state index contributed by atoms with van der Waals surface area (Å²) in [6, 6.07) is 2.49. The topological polar surface area (TPSA) is 12.0 Å². The highest BCUT2D eigenvalue weighted by molar-refractivity contribution is 6.48. The van der Waals surface area contributed by atoms with Crippen LogP contribution >= 0.6 is 34.8 Å². The lowest BCUT2D eigenvalue weighted by Crippen LogP contribution is -2.44. The maximum Gasteiger partial charge on any atom is 0.399 e. The van der Waals surface area contributed by atoms with Crippen molar-refractivity contribution in [3.05, 3.63) is 32.8 Å². The van der Waals surface area contributed by atoms with Crippen molar-refractivity contribution in [2.24, 2.45) is 0 Å². The molecule has 0 amide bonds. The second-order valence-electron chi connectivity index (χ2n) is 4.26. The van der Waals surface area contributed by atoms with Gasteiger partial charge in [0, 0.05) is 6.54 Å². The van der Waals surface area contributed by atoms with E-state index in [9.17, 15) is 13.2 Å². The van der Waals surface area contributed by atoms with Crippen LogP contribution < -0.4 is 5.32 Å². The summed E-state index contributed by atoms with van der Waals surface area (Å²) in [5.41, 5.74) is -1.88. The third-order valence-corrected chi connectivity index (χ3v) is 4.43. The van der Waals surface area contributed by atoms with Crippen molar-refractivity contribution >= 4 is 34.8 Å². The van der Waals surface area contributed by atoms with Crippen LogP contribution in [0, 0.1) is 0 Å². The Balaban J connectivity index is 2.57. The zero-order valence-corrected chi connectivity index (χ0v) is 11.3. The highest BCUT2D eigenvalue weighted by Crippen LogP contribution is 2.47. The SMILES string of the molecule is FC(F)(F)[C@@]1(c2cc(Cl)c(Cl)c(Cl)c2)CCNC1. The molecule has 1 N–H and O–H groups in total. The van der Waals surface area contributed by atoms with E-state index in [4.69, 9.17) is 34.8 Å². The summed E-state index contributed by atoms with van der Waals surface area (Å²) in [4.78, 5) is 0. The summed E-state index contributed by atoms with van der Waals surface area (Å²) in [7, 11) is 0. The molecule has 1 aliphatic rings. The normalized spacial score (nSPS) is 24.6. The first-order chi connectivity index (χ1) is 8.28. The minimum Gasteiger partial charge on any atom is -0.315 e. The van der Waals surface area contributed by atoms with Gasteiger partial charge in [-0.1, -0.05) is 34.8 Å². The lowest BCUT2D eigenvalue weighted by molar-refractivity contribution is -0.184. The summed E-state index contributed by atoms with van der Waals surface area (Å²) >= 11 is 17.4. The quantitative estimate of drug-likeness (QED) is 0.755. The maximum atomic E-state index is 13.3. The molecule has 0 saturated carbocycles. The fourth-order valence-corrected chi connectivity index (χ4v) is 2.77. The molecular weight excluding hydrogens is 309 g/mol. The number of halogens is 6. The molecule has 1 aromatic rings. The zero-order chi connectivity index (χ0) is 13.6. The lowest BCUT2D eigenvalue weighted by Gasteiger charge is -2.31. The van der Waals surface area contributed by atoms with Crippen molar-refractivity contribution in [1.82, 2.24) is 5.32 Å². The lowest BCUT2D eigenvalue weighted by atomic mass is 9.79. The first kappa shape index (κ1) is 14.3. The van der Waals surface area contributed by atoms with Gasteiger partial charge in [0.2, 0.25) is 0 Å². The van der Waals surface area contributed by atoms with E-state index in [1.807, 2.05) is 0 Å². The van der Waals surface area contributed by atoms with Crippen LogP contribution in [0.5, 0.6) is 0 Å². The van der Waals surface area contributed by atoms with Gasteiger partial charge in [-0.15, -0.1) is 0 Å². The van der Waals surface area contributed by atoms with E-state index in [1.54, 1.807) is 0 Å². The molecule has 0 radical (unpaired) electrons. The number of alkyl halides is 3. The van der Waals surface area contributed by atoms with Gasteiger partial charge in [0.1, 0.15) is 5.41 Å². The molecule has 0 aromatic heterocycles. The van der Waals surface area contributed by atoms with Crippen LogP contribution in [0.15, 0.2) is 12.1 Å². The number of hydrogen-bond donors (Lipinski definition) is 1. The predicted molar refractivity (Wildman–Crippen MR) is 66.7 cm³/mol. The molecular formula is C11H9Cl3F3N. The van der Waals surface area contributed by atoms with Crippen LogP contribution in [-0.2, 0) is 5.41 Å². The molecule has 2 rings (SSSR count). The molecule has 1 heterocycles. The third kappa shape index (κ3) is 2.20. The first-order valence-corrected chi connectivity index (χ1v) is 6.34. The molecule has 100 valence electrons. The van der Waals surface area contributed by atoms with Gasteiger partial charge in [-0.05, 0) is 30.7 Å². The van der Waals surface area contributed by atoms with E-state index >= 15 is 0 Å². The Kier molecular flexibility index (Phi) is 3.76. The van der Waals surface area contributed by atoms with Crippen molar-refractivity contribution in [2.75, 3.05) is 13.1 Å². The summed E-state index contributed by atoms with van der Waals surface area (Å²) in [5.74, 6) is 0. The highest BCUT2D eigenvalue weighted by Gasteiger charge is 2.57. The van der Waals surface area contributed by atoms with Crippen molar-refractivity contribution in [2.45, 2.75) is 18.0 Å². The van der Waals surface area contributed by atoms with E-state index in [-0.39, 0.29) is 33.6 Å². The highest BCUT2D eigenvalue weighted by atomic mass is 35.5. The summed E-state index contributed by atoms with van der Waals surface area (Å²) < 4.78 is 39.9. The number of rotatable bonds is 1. The largest absolute Gasteiger partial charge is 0.399 e. The summed E-state index contributed by atoms with van der Waals surface area (Å²) in [6.45, 7) is 0.127. The van der Waals surface area contributed by atoms with Gasteiger partial charge >= 0.3 is 6.18 Å². The van der Waals surface area contributed by atoms with Crippen LogP contribution in [0.4, 0.5) is 13.2 Å². The zero-order valence-electron chi connectivity index (χ0n) is 9.04. The van der Waals surface area contributed by atoms with Crippen molar-refractivity contribution < 1.29 is 13.2 Å². The van der Waals surface area contributed by atoms with Gasteiger partial charge < -0.3 is 5.32 Å². The predicted octanol–water partition coefficient (Wildman–Crippen LogP) is 4.44. The molecule has 1 nitrogen and oxygen atoms in total. The molecule has 7 heteroatoms. The standard InChI is InChI=1S/C11H9Cl3F3N/c12-7-3-6(4-8(13)9(7)14)10(11(15,16)17)1-2-18-5-10/h3-4,18H,1-2,5H2/t10-/m0/s1. The molecule has 1 fully saturated rings. The monoisotopic (exact) mass is 317 g/mol. The minimum absolute atomic E-state index is 0.0368. The van der Waals surface area contributed by atoms with Crippen molar-refractivity contribution in [3.63, 3.8) is 0 Å². The van der Waals surface area contributed by atoms with Gasteiger partial charge in [-0.25, -0.2) is 0 Å². The van der Waals surface area contributed by atoms with Crippen LogP contribution in [0.2, 0.25) is 15.1 Å². The first-order valence-electron chi connectivity index (χ1n) is 5.20. The van der Waals surface area contributed by atoms with Gasteiger partial charge in [-0.3, -0.25) is 0 Å². The molecule has 18 heavy (non-hydrogen) atoms. The molecule has 0 unspecified atom stereocenters. The Bertz CT molecular complexity index is 444. The Labute approximate surface area is 117 Å². The number of benzene rings is 1. The minimum atomic E-state index is -4.36. The van der Waals surface area contributed by atoms with Crippen molar-refractivity contribution in [3.8, 4) is 0 Å². The molecule has 0 aliphatic carbocycles.